The van der Waals surface area contributed by atoms with Crippen LogP contribution in [0.5, 0.6) is 0 Å². The molecule has 0 unspecified atom stereocenters. The van der Waals surface area contributed by atoms with Gasteiger partial charge in [-0.15, -0.1) is 0 Å². The zero-order valence-electron chi connectivity index (χ0n) is 9.17. The van der Waals surface area contributed by atoms with Crippen molar-refractivity contribution in [2.45, 2.75) is 13.1 Å². The topological polar surface area (TPSA) is 74.5 Å². The van der Waals surface area contributed by atoms with Crippen LogP contribution in [0.4, 0.5) is 0 Å². The Balaban J connectivity index is 1.84. The van der Waals surface area contributed by atoms with Gasteiger partial charge in [-0.05, 0) is 18.2 Å². The molecule has 5 heteroatoms. The fourth-order valence-corrected chi connectivity index (χ4v) is 1.32. The van der Waals surface area contributed by atoms with Gasteiger partial charge in [-0.25, -0.2) is 9.97 Å². The van der Waals surface area contributed by atoms with E-state index in [4.69, 9.17) is 5.26 Å². The van der Waals surface area contributed by atoms with E-state index in [2.05, 4.69) is 20.3 Å². The Morgan fingerprint density at radius 3 is 2.59 bits per heavy atom. The second-order valence-electron chi connectivity index (χ2n) is 3.42. The molecule has 0 atom stereocenters. The summed E-state index contributed by atoms with van der Waals surface area (Å²) in [5.41, 5.74) is 1.46. The van der Waals surface area contributed by atoms with Crippen LogP contribution in [0.25, 0.3) is 0 Å². The summed E-state index contributed by atoms with van der Waals surface area (Å²) >= 11 is 0. The van der Waals surface area contributed by atoms with Crippen LogP contribution in [-0.2, 0) is 13.1 Å². The van der Waals surface area contributed by atoms with Crippen molar-refractivity contribution < 1.29 is 0 Å². The van der Waals surface area contributed by atoms with Crippen LogP contribution in [0.1, 0.15) is 17.1 Å². The van der Waals surface area contributed by atoms with Crippen molar-refractivity contribution in [2.24, 2.45) is 0 Å². The summed E-state index contributed by atoms with van der Waals surface area (Å²) in [6.07, 6.45) is 4.99. The minimum Gasteiger partial charge on any atom is -0.304 e. The molecule has 2 aromatic heterocycles. The first kappa shape index (κ1) is 11.2. The highest BCUT2D eigenvalue weighted by molar-refractivity contribution is 5.26. The maximum absolute atomic E-state index is 8.63. The molecule has 0 fully saturated rings. The van der Waals surface area contributed by atoms with Gasteiger partial charge in [0.05, 0.1) is 17.8 Å². The highest BCUT2D eigenvalue weighted by Crippen LogP contribution is 1.98. The molecular formula is C12H11N5. The summed E-state index contributed by atoms with van der Waals surface area (Å²) in [5, 5.41) is 11.8. The van der Waals surface area contributed by atoms with Gasteiger partial charge in [0, 0.05) is 25.1 Å². The number of hydrogen-bond acceptors (Lipinski definition) is 5. The van der Waals surface area contributed by atoms with E-state index >= 15 is 0 Å². The van der Waals surface area contributed by atoms with Gasteiger partial charge in [0.25, 0.3) is 0 Å². The molecule has 0 saturated heterocycles. The van der Waals surface area contributed by atoms with E-state index in [1.54, 1.807) is 30.7 Å². The standard InChI is InChI=1S/C12H11N5/c13-6-10-2-3-11(17-7-10)8-14-9-12-15-4-1-5-16-12/h1-5,7,14H,8-9H2. The number of nitriles is 1. The second-order valence-corrected chi connectivity index (χ2v) is 3.42. The van der Waals surface area contributed by atoms with Gasteiger partial charge >= 0.3 is 0 Å². The van der Waals surface area contributed by atoms with E-state index < -0.39 is 0 Å². The number of nitrogens with zero attached hydrogens (tertiary/aromatic N) is 4. The minimum atomic E-state index is 0.570. The molecule has 0 aromatic carbocycles. The number of rotatable bonds is 4. The zero-order chi connectivity index (χ0) is 11.9. The van der Waals surface area contributed by atoms with Gasteiger partial charge in [-0.1, -0.05) is 0 Å². The van der Waals surface area contributed by atoms with Crippen molar-refractivity contribution in [1.82, 2.24) is 20.3 Å². The Kier molecular flexibility index (Phi) is 3.73. The van der Waals surface area contributed by atoms with E-state index in [0.29, 0.717) is 18.7 Å². The van der Waals surface area contributed by atoms with Crippen LogP contribution >= 0.6 is 0 Å². The average molecular weight is 225 g/mol. The molecule has 0 bridgehead atoms. The Morgan fingerprint density at radius 2 is 1.94 bits per heavy atom. The molecule has 0 amide bonds. The summed E-state index contributed by atoms with van der Waals surface area (Å²) in [4.78, 5) is 12.4. The Morgan fingerprint density at radius 1 is 1.12 bits per heavy atom. The molecule has 84 valence electrons. The fourth-order valence-electron chi connectivity index (χ4n) is 1.32. The minimum absolute atomic E-state index is 0.570. The molecule has 5 nitrogen and oxygen atoms in total. The number of hydrogen-bond donors (Lipinski definition) is 1. The van der Waals surface area contributed by atoms with E-state index in [1.807, 2.05) is 12.1 Å². The lowest BCUT2D eigenvalue weighted by Crippen LogP contribution is -2.15. The summed E-state index contributed by atoms with van der Waals surface area (Å²) in [6, 6.07) is 7.40. The third kappa shape index (κ3) is 3.33. The Bertz CT molecular complexity index is 501. The molecule has 1 N–H and O–H groups in total. The molecule has 0 radical (unpaired) electrons. The van der Waals surface area contributed by atoms with Crippen molar-refractivity contribution in [3.8, 4) is 6.07 Å². The fraction of sp³-hybridized carbons (Fsp3) is 0.167. The lowest BCUT2D eigenvalue weighted by atomic mass is 10.2. The molecule has 0 spiro atoms. The van der Waals surface area contributed by atoms with Gasteiger partial charge in [0.1, 0.15) is 11.9 Å². The maximum Gasteiger partial charge on any atom is 0.141 e. The predicted octanol–water partition coefficient (Wildman–Crippen LogP) is 1.03. The van der Waals surface area contributed by atoms with E-state index in [1.165, 1.54) is 0 Å². The highest BCUT2D eigenvalue weighted by Gasteiger charge is 1.97. The predicted molar refractivity (Wildman–Crippen MR) is 61.5 cm³/mol. The molecule has 0 saturated carbocycles. The van der Waals surface area contributed by atoms with Crippen LogP contribution in [0.2, 0.25) is 0 Å². The molecule has 2 aromatic rings. The van der Waals surface area contributed by atoms with E-state index in [9.17, 15) is 0 Å². The molecule has 17 heavy (non-hydrogen) atoms. The van der Waals surface area contributed by atoms with Gasteiger partial charge < -0.3 is 5.32 Å². The van der Waals surface area contributed by atoms with Crippen LogP contribution in [0, 0.1) is 11.3 Å². The quantitative estimate of drug-likeness (QED) is 0.841. The largest absolute Gasteiger partial charge is 0.304 e. The number of pyridine rings is 1. The van der Waals surface area contributed by atoms with Gasteiger partial charge in [0.15, 0.2) is 0 Å². The van der Waals surface area contributed by atoms with Crippen LogP contribution in [-0.4, -0.2) is 15.0 Å². The Hall–Kier alpha value is -2.32. The molecule has 0 aliphatic heterocycles. The third-order valence-corrected chi connectivity index (χ3v) is 2.16. The molecular weight excluding hydrogens is 214 g/mol. The van der Waals surface area contributed by atoms with Crippen LogP contribution < -0.4 is 5.32 Å². The normalized spacial score (nSPS) is 9.82. The number of aromatic nitrogens is 3. The highest BCUT2D eigenvalue weighted by atomic mass is 15.0. The first-order valence-electron chi connectivity index (χ1n) is 5.20. The van der Waals surface area contributed by atoms with Gasteiger partial charge in [0.2, 0.25) is 0 Å². The monoisotopic (exact) mass is 225 g/mol. The van der Waals surface area contributed by atoms with Gasteiger partial charge in [-0.2, -0.15) is 5.26 Å². The first-order valence-corrected chi connectivity index (χ1v) is 5.20. The molecule has 0 aliphatic carbocycles. The lowest BCUT2D eigenvalue weighted by molar-refractivity contribution is 0.651. The zero-order valence-corrected chi connectivity index (χ0v) is 9.17. The van der Waals surface area contributed by atoms with Crippen molar-refractivity contribution in [2.75, 3.05) is 0 Å². The average Bonchev–Trinajstić information content (AvgIpc) is 2.41. The molecule has 0 aliphatic rings. The molecule has 2 heterocycles. The summed E-state index contributed by atoms with van der Waals surface area (Å²) < 4.78 is 0. The Labute approximate surface area is 99.2 Å². The lowest BCUT2D eigenvalue weighted by Gasteiger charge is -2.02. The smallest absolute Gasteiger partial charge is 0.141 e. The van der Waals surface area contributed by atoms with Crippen molar-refractivity contribution in [1.29, 1.82) is 5.26 Å². The van der Waals surface area contributed by atoms with Crippen LogP contribution in [0.3, 0.4) is 0 Å². The number of nitrogens with one attached hydrogen (secondary N) is 1. The SMILES string of the molecule is N#Cc1ccc(CNCc2ncccn2)nc1. The molecule has 2 rings (SSSR count). The third-order valence-electron chi connectivity index (χ3n) is 2.16. The van der Waals surface area contributed by atoms with Crippen molar-refractivity contribution in [3.63, 3.8) is 0 Å². The van der Waals surface area contributed by atoms with Crippen LogP contribution in [0.15, 0.2) is 36.8 Å². The summed E-state index contributed by atoms with van der Waals surface area (Å²) in [6.45, 7) is 1.23. The van der Waals surface area contributed by atoms with E-state index in [-0.39, 0.29) is 0 Å². The first-order chi connectivity index (χ1) is 8.38. The van der Waals surface area contributed by atoms with Crippen molar-refractivity contribution in [3.05, 3.63) is 53.9 Å². The summed E-state index contributed by atoms with van der Waals surface area (Å²) in [5.74, 6) is 0.751. The second kappa shape index (κ2) is 5.68. The maximum atomic E-state index is 8.63. The van der Waals surface area contributed by atoms with Crippen molar-refractivity contribution >= 4 is 0 Å². The van der Waals surface area contributed by atoms with E-state index in [0.717, 1.165) is 11.5 Å². The van der Waals surface area contributed by atoms with Gasteiger partial charge in [-0.3, -0.25) is 4.98 Å². The summed E-state index contributed by atoms with van der Waals surface area (Å²) in [7, 11) is 0.